The topological polar surface area (TPSA) is 78.4 Å². The van der Waals surface area contributed by atoms with Crippen molar-refractivity contribution in [3.63, 3.8) is 0 Å². The Labute approximate surface area is 143 Å². The van der Waals surface area contributed by atoms with Crippen molar-refractivity contribution in [2.75, 3.05) is 19.6 Å². The number of amides is 1. The third-order valence-corrected chi connectivity index (χ3v) is 4.14. The van der Waals surface area contributed by atoms with Crippen molar-refractivity contribution < 1.29 is 14.7 Å². The van der Waals surface area contributed by atoms with Crippen LogP contribution in [0.15, 0.2) is 18.2 Å². The summed E-state index contributed by atoms with van der Waals surface area (Å²) in [5, 5.41) is 15.5. The van der Waals surface area contributed by atoms with Crippen molar-refractivity contribution in [3.8, 4) is 0 Å². The fourth-order valence-electron chi connectivity index (χ4n) is 2.66. The lowest BCUT2D eigenvalue weighted by Crippen LogP contribution is -2.34. The number of Topliss-reactive ketones (excluding diaryl/α,β-unsaturated/α-hetero) is 1. The number of rotatable bonds is 6. The van der Waals surface area contributed by atoms with Crippen LogP contribution in [0.4, 0.5) is 0 Å². The van der Waals surface area contributed by atoms with Crippen LogP contribution in [0.5, 0.6) is 0 Å². The van der Waals surface area contributed by atoms with Gasteiger partial charge in [-0.05, 0) is 25.5 Å². The molecule has 2 unspecified atom stereocenters. The highest BCUT2D eigenvalue weighted by molar-refractivity contribution is 5.99. The Morgan fingerprint density at radius 3 is 2.65 bits per heavy atom. The maximum Gasteiger partial charge on any atom is 0.220 e. The lowest BCUT2D eigenvalue weighted by atomic mass is 9.99. The minimum absolute atomic E-state index is 0. The van der Waals surface area contributed by atoms with E-state index in [0.717, 1.165) is 11.1 Å². The number of hydrogen-bond donors (Lipinski definition) is 3. The number of benzene rings is 1. The lowest BCUT2D eigenvalue weighted by Gasteiger charge is -2.14. The molecule has 6 heteroatoms. The summed E-state index contributed by atoms with van der Waals surface area (Å²) < 4.78 is 0. The monoisotopic (exact) mass is 340 g/mol. The largest absolute Gasteiger partial charge is 0.391 e. The highest BCUT2D eigenvalue weighted by Gasteiger charge is 2.25. The average molecular weight is 341 g/mol. The van der Waals surface area contributed by atoms with Gasteiger partial charge in [0, 0.05) is 44.0 Å². The smallest absolute Gasteiger partial charge is 0.220 e. The molecule has 23 heavy (non-hydrogen) atoms. The summed E-state index contributed by atoms with van der Waals surface area (Å²) in [5.41, 5.74) is 2.68. The van der Waals surface area contributed by atoms with Gasteiger partial charge in [0.1, 0.15) is 0 Å². The molecular formula is C17H25ClN2O3. The lowest BCUT2D eigenvalue weighted by molar-refractivity contribution is -0.121. The van der Waals surface area contributed by atoms with E-state index in [1.165, 1.54) is 0 Å². The second-order valence-electron chi connectivity index (χ2n) is 6.03. The van der Waals surface area contributed by atoms with Crippen LogP contribution in [0.25, 0.3) is 0 Å². The van der Waals surface area contributed by atoms with Crippen LogP contribution < -0.4 is 10.6 Å². The second-order valence-corrected chi connectivity index (χ2v) is 6.03. The van der Waals surface area contributed by atoms with Crippen molar-refractivity contribution in [1.82, 2.24) is 10.6 Å². The van der Waals surface area contributed by atoms with Crippen molar-refractivity contribution >= 4 is 24.1 Å². The number of ketones is 1. The molecule has 1 saturated heterocycles. The highest BCUT2D eigenvalue weighted by Crippen LogP contribution is 2.14. The summed E-state index contributed by atoms with van der Waals surface area (Å²) >= 11 is 0. The van der Waals surface area contributed by atoms with Gasteiger partial charge in [-0.15, -0.1) is 12.4 Å². The minimum atomic E-state index is -0.406. The number of carbonyl (C=O) groups is 2. The predicted molar refractivity (Wildman–Crippen MR) is 92.1 cm³/mol. The molecular weight excluding hydrogens is 316 g/mol. The Morgan fingerprint density at radius 1 is 1.26 bits per heavy atom. The number of nitrogens with one attached hydrogen (secondary N) is 2. The zero-order valence-corrected chi connectivity index (χ0v) is 14.4. The molecule has 3 N–H and O–H groups in total. The summed E-state index contributed by atoms with van der Waals surface area (Å²) in [7, 11) is 0. The second kappa shape index (κ2) is 9.01. The van der Waals surface area contributed by atoms with Crippen LogP contribution in [0.2, 0.25) is 0 Å². The first-order valence-corrected chi connectivity index (χ1v) is 7.73. The molecule has 1 aliphatic heterocycles. The molecule has 1 aromatic carbocycles. The molecule has 0 spiro atoms. The molecule has 0 radical (unpaired) electrons. The van der Waals surface area contributed by atoms with E-state index in [2.05, 4.69) is 10.6 Å². The Morgan fingerprint density at radius 2 is 2.00 bits per heavy atom. The molecule has 0 aromatic heterocycles. The average Bonchev–Trinajstić information content (AvgIpc) is 2.90. The van der Waals surface area contributed by atoms with Crippen LogP contribution >= 0.6 is 12.4 Å². The van der Waals surface area contributed by atoms with Gasteiger partial charge in [0.15, 0.2) is 5.78 Å². The molecule has 0 aliphatic carbocycles. The maximum atomic E-state index is 12.2. The number of aliphatic hydroxyl groups excluding tert-OH is 1. The van der Waals surface area contributed by atoms with Gasteiger partial charge in [0.25, 0.3) is 0 Å². The first-order valence-electron chi connectivity index (χ1n) is 7.73. The van der Waals surface area contributed by atoms with Gasteiger partial charge in [0.05, 0.1) is 6.10 Å². The number of aryl methyl sites for hydroxylation is 2. The third-order valence-electron chi connectivity index (χ3n) is 4.14. The summed E-state index contributed by atoms with van der Waals surface area (Å²) in [6.45, 7) is 5.59. The van der Waals surface area contributed by atoms with Crippen LogP contribution in [0, 0.1) is 19.8 Å². The normalized spacial score (nSPS) is 20.0. The zero-order chi connectivity index (χ0) is 16.1. The molecule has 2 rings (SSSR count). The molecule has 1 amide bonds. The van der Waals surface area contributed by atoms with Crippen LogP contribution in [-0.4, -0.2) is 42.5 Å². The molecule has 1 heterocycles. The summed E-state index contributed by atoms with van der Waals surface area (Å²) in [6, 6.07) is 5.77. The van der Waals surface area contributed by atoms with Gasteiger partial charge in [0.2, 0.25) is 5.91 Å². The van der Waals surface area contributed by atoms with Gasteiger partial charge in [-0.2, -0.15) is 0 Å². The van der Waals surface area contributed by atoms with Crippen molar-refractivity contribution in [2.45, 2.75) is 32.8 Å². The van der Waals surface area contributed by atoms with Crippen molar-refractivity contribution in [1.29, 1.82) is 0 Å². The van der Waals surface area contributed by atoms with Gasteiger partial charge in [-0.1, -0.05) is 17.7 Å². The summed E-state index contributed by atoms with van der Waals surface area (Å²) in [5.74, 6) is -0.0876. The zero-order valence-electron chi connectivity index (χ0n) is 13.6. The van der Waals surface area contributed by atoms with Crippen molar-refractivity contribution in [3.05, 3.63) is 34.9 Å². The van der Waals surface area contributed by atoms with Crippen LogP contribution in [0.3, 0.4) is 0 Å². The van der Waals surface area contributed by atoms with E-state index in [-0.39, 0.29) is 42.9 Å². The molecule has 5 nitrogen and oxygen atoms in total. The molecule has 128 valence electrons. The SMILES string of the molecule is Cc1ccc(C)c(C(=O)CCC(=O)NCC2CNCC2O)c1.Cl. The van der Waals surface area contributed by atoms with Gasteiger partial charge < -0.3 is 15.7 Å². The Kier molecular flexibility index (Phi) is 7.68. The number of aliphatic hydroxyl groups is 1. The molecule has 1 aliphatic rings. The number of halogens is 1. The van der Waals surface area contributed by atoms with Crippen LogP contribution in [-0.2, 0) is 4.79 Å². The van der Waals surface area contributed by atoms with E-state index in [1.54, 1.807) is 0 Å². The van der Waals surface area contributed by atoms with Gasteiger partial charge in [-0.25, -0.2) is 0 Å². The van der Waals surface area contributed by atoms with Crippen LogP contribution in [0.1, 0.15) is 34.3 Å². The molecule has 1 fully saturated rings. The third kappa shape index (κ3) is 5.61. The quantitative estimate of drug-likeness (QED) is 0.684. The Balaban J connectivity index is 0.00000264. The van der Waals surface area contributed by atoms with Gasteiger partial charge in [-0.3, -0.25) is 9.59 Å². The first kappa shape index (κ1) is 19.6. The molecule has 1 aromatic rings. The molecule has 0 bridgehead atoms. The number of hydrogen-bond acceptors (Lipinski definition) is 4. The standard InChI is InChI=1S/C17H24N2O3.ClH/c1-11-3-4-12(2)14(7-11)15(20)5-6-17(22)19-9-13-8-18-10-16(13)21;/h3-4,7,13,16,18,21H,5-6,8-10H2,1-2H3,(H,19,22);1H. The van der Waals surface area contributed by atoms with Crippen molar-refractivity contribution in [2.24, 2.45) is 5.92 Å². The Bertz CT molecular complexity index is 563. The molecule has 0 saturated carbocycles. The summed E-state index contributed by atoms with van der Waals surface area (Å²) in [6.07, 6.45) is -0.0128. The van der Waals surface area contributed by atoms with Gasteiger partial charge >= 0.3 is 0 Å². The highest BCUT2D eigenvalue weighted by atomic mass is 35.5. The van der Waals surface area contributed by atoms with E-state index in [0.29, 0.717) is 25.2 Å². The van der Waals surface area contributed by atoms with E-state index in [9.17, 15) is 14.7 Å². The van der Waals surface area contributed by atoms with E-state index in [4.69, 9.17) is 0 Å². The summed E-state index contributed by atoms with van der Waals surface area (Å²) in [4.78, 5) is 24.0. The maximum absolute atomic E-state index is 12.2. The number of carbonyl (C=O) groups excluding carboxylic acids is 2. The van der Waals surface area contributed by atoms with E-state index < -0.39 is 6.10 Å². The first-order chi connectivity index (χ1) is 10.5. The fraction of sp³-hybridized carbons (Fsp3) is 0.529. The Hall–Kier alpha value is -1.43. The predicted octanol–water partition coefficient (Wildman–Crippen LogP) is 1.38. The van der Waals surface area contributed by atoms with E-state index >= 15 is 0 Å². The number of β-amino-alcohol motifs (C(OH)–C–C–N with tert-alkyl or cyclic N) is 1. The fourth-order valence-corrected chi connectivity index (χ4v) is 2.66. The molecule has 2 atom stereocenters. The minimum Gasteiger partial charge on any atom is -0.391 e. The van der Waals surface area contributed by atoms with E-state index in [1.807, 2.05) is 32.0 Å².